The molecular weight excluding hydrogens is 156 g/mol. The van der Waals surface area contributed by atoms with Crippen molar-refractivity contribution in [3.63, 3.8) is 0 Å². The number of rotatable bonds is 4. The number of benzene rings is 1. The summed E-state index contributed by atoms with van der Waals surface area (Å²) in [5.74, 6) is 0.728. The van der Waals surface area contributed by atoms with E-state index in [0.717, 1.165) is 12.3 Å². The van der Waals surface area contributed by atoms with Crippen LogP contribution in [0.5, 0.6) is 0 Å². The summed E-state index contributed by atoms with van der Waals surface area (Å²) in [6, 6.07) is 8.63. The lowest BCUT2D eigenvalue weighted by molar-refractivity contribution is 0.644. The zero-order chi connectivity index (χ0) is 9.68. The first kappa shape index (κ1) is 10.0. The number of allylic oxidation sites excluding steroid dienone is 1. The van der Waals surface area contributed by atoms with Crippen molar-refractivity contribution in [1.82, 2.24) is 0 Å². The van der Waals surface area contributed by atoms with Gasteiger partial charge in [-0.05, 0) is 29.9 Å². The minimum absolute atomic E-state index is 0.728. The zero-order valence-electron chi connectivity index (χ0n) is 8.59. The Balaban J connectivity index is 2.83. The monoisotopic (exact) mass is 174 g/mol. The largest absolute Gasteiger partial charge is 0.103 e. The van der Waals surface area contributed by atoms with Crippen molar-refractivity contribution in [3.8, 4) is 0 Å². The van der Waals surface area contributed by atoms with Crippen LogP contribution in [0.25, 0.3) is 0 Å². The first-order valence-corrected chi connectivity index (χ1v) is 4.91. The minimum Gasteiger partial charge on any atom is -0.103 e. The topological polar surface area (TPSA) is 0 Å². The lowest BCUT2D eigenvalue weighted by Gasteiger charge is -2.09. The third-order valence-electron chi connectivity index (χ3n) is 2.11. The number of hydrogen-bond donors (Lipinski definition) is 0. The Hall–Kier alpha value is -1.04. The van der Waals surface area contributed by atoms with E-state index in [2.05, 4.69) is 44.7 Å². The third-order valence-corrected chi connectivity index (χ3v) is 2.11. The van der Waals surface area contributed by atoms with Crippen LogP contribution in [-0.4, -0.2) is 0 Å². The molecule has 70 valence electrons. The van der Waals surface area contributed by atoms with Gasteiger partial charge in [0.1, 0.15) is 0 Å². The Morgan fingerprint density at radius 3 is 2.38 bits per heavy atom. The van der Waals surface area contributed by atoms with E-state index in [9.17, 15) is 0 Å². The second-order valence-corrected chi connectivity index (χ2v) is 3.86. The normalized spacial score (nSPS) is 10.4. The summed E-state index contributed by atoms with van der Waals surface area (Å²) in [6.45, 7) is 8.29. The van der Waals surface area contributed by atoms with Crippen LogP contribution in [0.3, 0.4) is 0 Å². The first-order valence-electron chi connectivity index (χ1n) is 4.91. The van der Waals surface area contributed by atoms with Crippen LogP contribution < -0.4 is 0 Å². The van der Waals surface area contributed by atoms with E-state index in [1.165, 1.54) is 17.5 Å². The van der Waals surface area contributed by atoms with Gasteiger partial charge in [-0.3, -0.25) is 0 Å². The molecule has 0 heterocycles. The molecule has 0 fully saturated rings. The van der Waals surface area contributed by atoms with E-state index in [0.29, 0.717) is 0 Å². The van der Waals surface area contributed by atoms with Crippen molar-refractivity contribution in [2.45, 2.75) is 26.7 Å². The van der Waals surface area contributed by atoms with Crippen LogP contribution in [0.2, 0.25) is 0 Å². The van der Waals surface area contributed by atoms with Crippen molar-refractivity contribution < 1.29 is 0 Å². The van der Waals surface area contributed by atoms with Gasteiger partial charge in [0.05, 0.1) is 0 Å². The third kappa shape index (κ3) is 3.06. The molecule has 0 radical (unpaired) electrons. The van der Waals surface area contributed by atoms with Gasteiger partial charge < -0.3 is 0 Å². The van der Waals surface area contributed by atoms with Gasteiger partial charge in [0, 0.05) is 0 Å². The molecule has 0 heteroatoms. The maximum atomic E-state index is 3.78. The highest BCUT2D eigenvalue weighted by Gasteiger charge is 2.01. The molecule has 0 aliphatic heterocycles. The summed E-state index contributed by atoms with van der Waals surface area (Å²) in [5, 5.41) is 0. The zero-order valence-corrected chi connectivity index (χ0v) is 8.59. The second kappa shape index (κ2) is 4.86. The van der Waals surface area contributed by atoms with Crippen LogP contribution in [-0.2, 0) is 12.8 Å². The van der Waals surface area contributed by atoms with Gasteiger partial charge in [0.25, 0.3) is 0 Å². The molecule has 0 nitrogen and oxygen atoms in total. The van der Waals surface area contributed by atoms with Gasteiger partial charge in [0.15, 0.2) is 0 Å². The van der Waals surface area contributed by atoms with E-state index in [1.807, 2.05) is 6.08 Å². The molecule has 0 N–H and O–H groups in total. The van der Waals surface area contributed by atoms with E-state index < -0.39 is 0 Å². The highest BCUT2D eigenvalue weighted by atomic mass is 14.1. The molecule has 1 aromatic carbocycles. The Labute approximate surface area is 81.3 Å². The lowest BCUT2D eigenvalue weighted by atomic mass is 9.96. The molecule has 0 saturated heterocycles. The molecule has 0 saturated carbocycles. The average Bonchev–Trinajstić information content (AvgIpc) is 2.08. The quantitative estimate of drug-likeness (QED) is 0.612. The Kier molecular flexibility index (Phi) is 3.75. The van der Waals surface area contributed by atoms with Crippen LogP contribution in [0, 0.1) is 5.92 Å². The van der Waals surface area contributed by atoms with Gasteiger partial charge in [-0.25, -0.2) is 0 Å². The van der Waals surface area contributed by atoms with Crippen LogP contribution in [0.15, 0.2) is 36.9 Å². The second-order valence-electron chi connectivity index (χ2n) is 3.86. The van der Waals surface area contributed by atoms with Gasteiger partial charge in [0.2, 0.25) is 0 Å². The molecule has 0 unspecified atom stereocenters. The number of hydrogen-bond acceptors (Lipinski definition) is 0. The molecule has 0 atom stereocenters. The molecule has 0 bridgehead atoms. The minimum atomic E-state index is 0.728. The lowest BCUT2D eigenvalue weighted by Crippen LogP contribution is -1.98. The standard InChI is InChI=1S/C13H18/c1-4-7-12-8-5-6-9-13(12)10-11(2)3/h4-6,8-9,11H,1,7,10H2,2-3H3. The summed E-state index contributed by atoms with van der Waals surface area (Å²) in [4.78, 5) is 0. The fraction of sp³-hybridized carbons (Fsp3) is 0.385. The Morgan fingerprint density at radius 2 is 1.85 bits per heavy atom. The fourth-order valence-corrected chi connectivity index (χ4v) is 1.55. The first-order chi connectivity index (χ1) is 6.24. The van der Waals surface area contributed by atoms with Gasteiger partial charge >= 0.3 is 0 Å². The summed E-state index contributed by atoms with van der Waals surface area (Å²) in [5.41, 5.74) is 2.89. The Morgan fingerprint density at radius 1 is 1.23 bits per heavy atom. The molecule has 0 aliphatic rings. The van der Waals surface area contributed by atoms with Crippen molar-refractivity contribution in [3.05, 3.63) is 48.0 Å². The van der Waals surface area contributed by atoms with Crippen LogP contribution in [0.4, 0.5) is 0 Å². The highest BCUT2D eigenvalue weighted by molar-refractivity contribution is 5.28. The van der Waals surface area contributed by atoms with Crippen molar-refractivity contribution in [2.24, 2.45) is 5.92 Å². The molecular formula is C13H18. The smallest absolute Gasteiger partial charge is 0.00974 e. The molecule has 0 spiro atoms. The van der Waals surface area contributed by atoms with Crippen molar-refractivity contribution in [1.29, 1.82) is 0 Å². The summed E-state index contributed by atoms with van der Waals surface area (Å²) in [7, 11) is 0. The highest BCUT2D eigenvalue weighted by Crippen LogP contribution is 2.14. The van der Waals surface area contributed by atoms with E-state index in [1.54, 1.807) is 0 Å². The van der Waals surface area contributed by atoms with Gasteiger partial charge in [-0.15, -0.1) is 6.58 Å². The predicted molar refractivity (Wildman–Crippen MR) is 58.9 cm³/mol. The van der Waals surface area contributed by atoms with Gasteiger partial charge in [-0.2, -0.15) is 0 Å². The maximum absolute atomic E-state index is 3.78. The molecule has 1 aromatic rings. The molecule has 0 amide bonds. The van der Waals surface area contributed by atoms with Crippen LogP contribution >= 0.6 is 0 Å². The average molecular weight is 174 g/mol. The van der Waals surface area contributed by atoms with Crippen molar-refractivity contribution >= 4 is 0 Å². The van der Waals surface area contributed by atoms with E-state index in [4.69, 9.17) is 0 Å². The summed E-state index contributed by atoms with van der Waals surface area (Å²) >= 11 is 0. The Bertz CT molecular complexity index is 271. The van der Waals surface area contributed by atoms with E-state index in [-0.39, 0.29) is 0 Å². The molecule has 0 aliphatic carbocycles. The summed E-state index contributed by atoms with van der Waals surface area (Å²) < 4.78 is 0. The molecule has 1 rings (SSSR count). The van der Waals surface area contributed by atoms with Gasteiger partial charge in [-0.1, -0.05) is 44.2 Å². The van der Waals surface area contributed by atoms with E-state index >= 15 is 0 Å². The summed E-state index contributed by atoms with van der Waals surface area (Å²) in [6.07, 6.45) is 4.13. The van der Waals surface area contributed by atoms with Crippen molar-refractivity contribution in [2.75, 3.05) is 0 Å². The molecule has 13 heavy (non-hydrogen) atoms. The van der Waals surface area contributed by atoms with Crippen LogP contribution in [0.1, 0.15) is 25.0 Å². The molecule has 0 aromatic heterocycles. The SMILES string of the molecule is C=CCc1ccccc1CC(C)C. The fourth-order valence-electron chi connectivity index (χ4n) is 1.55. The predicted octanol–water partition coefficient (Wildman–Crippen LogP) is 3.61. The maximum Gasteiger partial charge on any atom is -0.00974 e.